The van der Waals surface area contributed by atoms with Gasteiger partial charge in [-0.2, -0.15) is 5.10 Å². The molecule has 8 nitrogen and oxygen atoms in total. The second-order valence-corrected chi connectivity index (χ2v) is 6.24. The Morgan fingerprint density at radius 3 is 2.92 bits per heavy atom. The van der Waals surface area contributed by atoms with Gasteiger partial charge in [-0.3, -0.25) is 19.7 Å². The molecule has 24 heavy (non-hydrogen) atoms. The summed E-state index contributed by atoms with van der Waals surface area (Å²) in [5.74, 6) is -0.108. The Hall–Kier alpha value is -2.64. The van der Waals surface area contributed by atoms with Crippen molar-refractivity contribution in [2.75, 3.05) is 12.8 Å². The SMILES string of the molecule is CN(Cc1n[nH]c2c1CCCCC2)C(=O)Cc1cc(=O)[nH]c(N)n1. The van der Waals surface area contributed by atoms with Crippen LogP contribution in [-0.2, 0) is 30.6 Å². The number of likely N-dealkylation sites (N-methyl/N-ethyl adjacent to an activating group) is 1. The minimum atomic E-state index is -0.356. The van der Waals surface area contributed by atoms with Crippen molar-refractivity contribution in [1.82, 2.24) is 25.1 Å². The van der Waals surface area contributed by atoms with Gasteiger partial charge in [0, 0.05) is 18.8 Å². The number of aromatic nitrogens is 4. The molecule has 0 spiro atoms. The van der Waals surface area contributed by atoms with Crippen LogP contribution in [0.1, 0.15) is 41.9 Å². The lowest BCUT2D eigenvalue weighted by molar-refractivity contribution is -0.129. The molecule has 4 N–H and O–H groups in total. The maximum atomic E-state index is 12.4. The summed E-state index contributed by atoms with van der Waals surface area (Å²) in [6.45, 7) is 0.448. The third-order valence-corrected chi connectivity index (χ3v) is 4.35. The Balaban J connectivity index is 1.68. The van der Waals surface area contributed by atoms with Crippen LogP contribution in [-0.4, -0.2) is 38.0 Å². The van der Waals surface area contributed by atoms with E-state index in [-0.39, 0.29) is 23.8 Å². The van der Waals surface area contributed by atoms with Crippen LogP contribution in [0.3, 0.4) is 0 Å². The molecular weight excluding hydrogens is 308 g/mol. The van der Waals surface area contributed by atoms with Crippen LogP contribution >= 0.6 is 0 Å². The minimum absolute atomic E-state index is 0.0190. The molecule has 0 radical (unpaired) electrons. The number of aromatic amines is 2. The van der Waals surface area contributed by atoms with E-state index in [0.717, 1.165) is 25.0 Å². The predicted molar refractivity (Wildman–Crippen MR) is 89.3 cm³/mol. The van der Waals surface area contributed by atoms with Crippen LogP contribution in [0.15, 0.2) is 10.9 Å². The van der Waals surface area contributed by atoms with Gasteiger partial charge in [0.05, 0.1) is 24.4 Å². The third kappa shape index (κ3) is 3.64. The summed E-state index contributed by atoms with van der Waals surface area (Å²) in [5, 5.41) is 7.50. The number of nitrogen functional groups attached to an aromatic ring is 1. The van der Waals surface area contributed by atoms with Crippen molar-refractivity contribution in [3.8, 4) is 0 Å². The fourth-order valence-electron chi connectivity index (χ4n) is 3.08. The van der Waals surface area contributed by atoms with E-state index in [9.17, 15) is 9.59 Å². The number of hydrogen-bond acceptors (Lipinski definition) is 5. The van der Waals surface area contributed by atoms with Crippen molar-refractivity contribution in [1.29, 1.82) is 0 Å². The number of nitrogens with zero attached hydrogens (tertiary/aromatic N) is 3. The Labute approximate surface area is 139 Å². The zero-order valence-corrected chi connectivity index (χ0v) is 13.8. The monoisotopic (exact) mass is 330 g/mol. The topological polar surface area (TPSA) is 121 Å². The van der Waals surface area contributed by atoms with Gasteiger partial charge in [-0.15, -0.1) is 0 Å². The van der Waals surface area contributed by atoms with Gasteiger partial charge >= 0.3 is 0 Å². The summed E-state index contributed by atoms with van der Waals surface area (Å²) in [6.07, 6.45) is 5.64. The van der Waals surface area contributed by atoms with Crippen molar-refractivity contribution < 1.29 is 4.79 Å². The van der Waals surface area contributed by atoms with E-state index in [2.05, 4.69) is 20.2 Å². The summed E-state index contributed by atoms with van der Waals surface area (Å²) in [7, 11) is 1.73. The standard InChI is InChI=1S/C16H22N6O2/c1-22(15(24)8-10-7-14(23)19-16(17)18-10)9-13-11-5-3-2-4-6-12(11)20-21-13/h7H,2-6,8-9H2,1H3,(H,20,21)(H3,17,18,19,23). The number of carbonyl (C=O) groups is 1. The van der Waals surface area contributed by atoms with Crippen LogP contribution < -0.4 is 11.3 Å². The van der Waals surface area contributed by atoms with Gasteiger partial charge in [-0.05, 0) is 31.2 Å². The number of hydrogen-bond donors (Lipinski definition) is 3. The van der Waals surface area contributed by atoms with E-state index in [4.69, 9.17) is 5.73 Å². The van der Waals surface area contributed by atoms with E-state index < -0.39 is 0 Å². The Morgan fingerprint density at radius 1 is 1.33 bits per heavy atom. The zero-order valence-electron chi connectivity index (χ0n) is 13.8. The molecule has 2 aromatic heterocycles. The molecule has 128 valence electrons. The molecule has 0 saturated carbocycles. The molecule has 0 aromatic carbocycles. The molecule has 1 amide bonds. The summed E-state index contributed by atoms with van der Waals surface area (Å²) in [5.41, 5.74) is 8.91. The van der Waals surface area contributed by atoms with Gasteiger partial charge in [0.2, 0.25) is 11.9 Å². The van der Waals surface area contributed by atoms with Gasteiger partial charge in [0.25, 0.3) is 5.56 Å². The molecular formula is C16H22N6O2. The van der Waals surface area contributed by atoms with E-state index >= 15 is 0 Å². The lowest BCUT2D eigenvalue weighted by Crippen LogP contribution is -2.29. The first-order valence-corrected chi connectivity index (χ1v) is 8.17. The number of carbonyl (C=O) groups excluding carboxylic acids is 1. The van der Waals surface area contributed by atoms with E-state index in [1.54, 1.807) is 11.9 Å². The van der Waals surface area contributed by atoms with Gasteiger partial charge < -0.3 is 10.6 Å². The molecule has 0 unspecified atom stereocenters. The molecule has 3 rings (SSSR count). The molecule has 0 bridgehead atoms. The Kier molecular flexibility index (Phi) is 4.64. The molecule has 1 aliphatic carbocycles. The van der Waals surface area contributed by atoms with Crippen molar-refractivity contribution in [2.24, 2.45) is 0 Å². The first-order chi connectivity index (χ1) is 11.5. The van der Waals surface area contributed by atoms with Crippen LogP contribution in [0.5, 0.6) is 0 Å². The normalized spacial score (nSPS) is 14.0. The highest BCUT2D eigenvalue weighted by molar-refractivity contribution is 5.78. The summed E-state index contributed by atoms with van der Waals surface area (Å²) in [6, 6.07) is 1.29. The van der Waals surface area contributed by atoms with E-state index in [1.165, 1.54) is 30.2 Å². The highest BCUT2D eigenvalue weighted by Crippen LogP contribution is 2.22. The molecule has 1 aliphatic rings. The fourth-order valence-corrected chi connectivity index (χ4v) is 3.08. The van der Waals surface area contributed by atoms with Crippen molar-refractivity contribution in [3.05, 3.63) is 39.1 Å². The molecule has 0 fully saturated rings. The van der Waals surface area contributed by atoms with Crippen molar-refractivity contribution in [2.45, 2.75) is 45.1 Å². The van der Waals surface area contributed by atoms with Gasteiger partial charge in [0.1, 0.15) is 0 Å². The number of nitrogens with two attached hydrogens (primary N) is 1. The number of rotatable bonds is 4. The first kappa shape index (κ1) is 16.2. The number of fused-ring (bicyclic) bond motifs is 1. The first-order valence-electron chi connectivity index (χ1n) is 8.17. The lowest BCUT2D eigenvalue weighted by Gasteiger charge is -2.16. The van der Waals surface area contributed by atoms with Crippen LogP contribution in [0, 0.1) is 0 Å². The third-order valence-electron chi connectivity index (χ3n) is 4.35. The molecule has 0 saturated heterocycles. The Bertz CT molecular complexity index is 794. The zero-order chi connectivity index (χ0) is 17.1. The van der Waals surface area contributed by atoms with E-state index in [0.29, 0.717) is 12.2 Å². The number of anilines is 1. The average molecular weight is 330 g/mol. The largest absolute Gasteiger partial charge is 0.369 e. The number of nitrogens with one attached hydrogen (secondary N) is 2. The number of aryl methyl sites for hydroxylation is 1. The average Bonchev–Trinajstić information content (AvgIpc) is 2.74. The predicted octanol–water partition coefficient (Wildman–Crippen LogP) is 0.545. The smallest absolute Gasteiger partial charge is 0.252 e. The van der Waals surface area contributed by atoms with Gasteiger partial charge in [-0.1, -0.05) is 6.42 Å². The summed E-state index contributed by atoms with van der Waals surface area (Å²) >= 11 is 0. The molecule has 2 aromatic rings. The molecule has 0 aliphatic heterocycles. The maximum absolute atomic E-state index is 12.4. The maximum Gasteiger partial charge on any atom is 0.252 e. The minimum Gasteiger partial charge on any atom is -0.369 e. The Morgan fingerprint density at radius 2 is 2.12 bits per heavy atom. The second kappa shape index (κ2) is 6.86. The molecule has 0 atom stereocenters. The van der Waals surface area contributed by atoms with Crippen LogP contribution in [0.4, 0.5) is 5.95 Å². The molecule has 2 heterocycles. The second-order valence-electron chi connectivity index (χ2n) is 6.24. The quantitative estimate of drug-likeness (QED) is 0.707. The summed E-state index contributed by atoms with van der Waals surface area (Å²) in [4.78, 5) is 31.8. The van der Waals surface area contributed by atoms with E-state index in [1.807, 2.05) is 0 Å². The highest BCUT2D eigenvalue weighted by Gasteiger charge is 2.19. The lowest BCUT2D eigenvalue weighted by atomic mass is 10.1. The number of H-pyrrole nitrogens is 2. The van der Waals surface area contributed by atoms with Crippen molar-refractivity contribution >= 4 is 11.9 Å². The highest BCUT2D eigenvalue weighted by atomic mass is 16.2. The van der Waals surface area contributed by atoms with Crippen LogP contribution in [0.2, 0.25) is 0 Å². The van der Waals surface area contributed by atoms with Crippen molar-refractivity contribution in [3.63, 3.8) is 0 Å². The van der Waals surface area contributed by atoms with Gasteiger partial charge in [-0.25, -0.2) is 4.98 Å². The number of amides is 1. The van der Waals surface area contributed by atoms with Gasteiger partial charge in [0.15, 0.2) is 0 Å². The fraction of sp³-hybridized carbons (Fsp3) is 0.500. The molecule has 8 heteroatoms. The summed E-state index contributed by atoms with van der Waals surface area (Å²) < 4.78 is 0. The van der Waals surface area contributed by atoms with Crippen LogP contribution in [0.25, 0.3) is 0 Å².